The third-order valence-corrected chi connectivity index (χ3v) is 1.83. The monoisotopic (exact) mass is 167 g/mol. The molecule has 0 unspecified atom stereocenters. The van der Waals surface area contributed by atoms with E-state index in [0.717, 1.165) is 12.1 Å². The van der Waals surface area contributed by atoms with E-state index in [4.69, 9.17) is 0 Å². The zero-order chi connectivity index (χ0) is 9.14. The minimum Gasteiger partial charge on any atom is -0.262 e. The van der Waals surface area contributed by atoms with E-state index in [0.29, 0.717) is 11.8 Å². The van der Waals surface area contributed by atoms with Gasteiger partial charge >= 0.3 is 0 Å². The lowest BCUT2D eigenvalue weighted by molar-refractivity contribution is 0.625. The predicted molar refractivity (Wildman–Crippen MR) is 49.0 cm³/mol. The summed E-state index contributed by atoms with van der Waals surface area (Å²) < 4.78 is 0. The third kappa shape index (κ3) is 2.06. The van der Waals surface area contributed by atoms with Crippen molar-refractivity contribution >= 4 is 0 Å². The summed E-state index contributed by atoms with van der Waals surface area (Å²) in [6.45, 7) is 8.69. The van der Waals surface area contributed by atoms with Gasteiger partial charge in [0.2, 0.25) is 0 Å². The van der Waals surface area contributed by atoms with Gasteiger partial charge in [0.15, 0.2) is 0 Å². The molecule has 0 fully saturated rings. The van der Waals surface area contributed by atoms with Crippen molar-refractivity contribution < 1.29 is 0 Å². The molecule has 0 spiro atoms. The summed E-state index contributed by atoms with van der Waals surface area (Å²) in [6.07, 6.45) is 1.02. The molecule has 0 radical (unpaired) electrons. The number of aromatic amines is 1. The molecule has 12 heavy (non-hydrogen) atoms. The molecule has 0 aromatic carbocycles. The molecule has 0 bridgehead atoms. The van der Waals surface area contributed by atoms with Crippen LogP contribution in [0.5, 0.6) is 0 Å². The Hall–Kier alpha value is -0.860. The Balaban J connectivity index is 2.77. The summed E-state index contributed by atoms with van der Waals surface area (Å²) >= 11 is 0. The quantitative estimate of drug-likeness (QED) is 0.749. The normalized spacial score (nSPS) is 11.5. The fourth-order valence-electron chi connectivity index (χ4n) is 1.26. The fourth-order valence-corrected chi connectivity index (χ4v) is 1.26. The van der Waals surface area contributed by atoms with Crippen LogP contribution in [0.2, 0.25) is 0 Å². The van der Waals surface area contributed by atoms with E-state index in [-0.39, 0.29) is 0 Å². The predicted octanol–water partition coefficient (Wildman–Crippen LogP) is 2.13. The van der Waals surface area contributed by atoms with Gasteiger partial charge in [0, 0.05) is 0 Å². The van der Waals surface area contributed by atoms with E-state index in [1.807, 2.05) is 0 Å². The molecule has 1 N–H and O–H groups in total. The smallest absolute Gasteiger partial charge is 0.0861 e. The van der Waals surface area contributed by atoms with Crippen LogP contribution in [0, 0.1) is 5.92 Å². The first-order valence-electron chi connectivity index (χ1n) is 4.51. The van der Waals surface area contributed by atoms with Crippen LogP contribution in [0.3, 0.4) is 0 Å². The molecule has 0 aliphatic carbocycles. The second-order valence-corrected chi connectivity index (χ2v) is 3.92. The van der Waals surface area contributed by atoms with Crippen molar-refractivity contribution in [2.24, 2.45) is 5.92 Å². The molecule has 1 rings (SSSR count). The highest BCUT2D eigenvalue weighted by molar-refractivity contribution is 5.12. The van der Waals surface area contributed by atoms with Crippen LogP contribution in [0.4, 0.5) is 0 Å². The van der Waals surface area contributed by atoms with Crippen molar-refractivity contribution in [3.05, 3.63) is 11.4 Å². The molecule has 0 aliphatic rings. The number of rotatable bonds is 3. The van der Waals surface area contributed by atoms with Crippen LogP contribution in [0.25, 0.3) is 0 Å². The van der Waals surface area contributed by atoms with Crippen molar-refractivity contribution in [1.29, 1.82) is 0 Å². The fraction of sp³-hybridized carbons (Fsp3) is 0.778. The molecule has 0 saturated heterocycles. The van der Waals surface area contributed by atoms with Crippen molar-refractivity contribution in [2.75, 3.05) is 0 Å². The standard InChI is InChI=1S/C9H17N3/c1-6(2)5-8-9(7(3)4)11-12-10-8/h6-7H,5H2,1-4H3,(H,10,11,12). The molecule has 68 valence electrons. The summed E-state index contributed by atoms with van der Waals surface area (Å²) in [5, 5.41) is 10.8. The molecule has 0 amide bonds. The maximum Gasteiger partial charge on any atom is 0.0861 e. The minimum absolute atomic E-state index is 0.494. The van der Waals surface area contributed by atoms with Crippen LogP contribution in [0.15, 0.2) is 0 Å². The van der Waals surface area contributed by atoms with Crippen LogP contribution in [0.1, 0.15) is 45.0 Å². The molecular formula is C9H17N3. The highest BCUT2D eigenvalue weighted by atomic mass is 15.3. The number of nitrogens with one attached hydrogen (secondary N) is 1. The maximum atomic E-state index is 4.07. The van der Waals surface area contributed by atoms with Crippen LogP contribution >= 0.6 is 0 Å². The maximum absolute atomic E-state index is 4.07. The van der Waals surface area contributed by atoms with Crippen molar-refractivity contribution in [3.63, 3.8) is 0 Å². The lowest BCUT2D eigenvalue weighted by Crippen LogP contribution is -2.00. The summed E-state index contributed by atoms with van der Waals surface area (Å²) in [4.78, 5) is 0. The highest BCUT2D eigenvalue weighted by Crippen LogP contribution is 2.16. The van der Waals surface area contributed by atoms with Gasteiger partial charge in [0.05, 0.1) is 11.4 Å². The number of hydrogen-bond donors (Lipinski definition) is 1. The van der Waals surface area contributed by atoms with Crippen molar-refractivity contribution in [3.8, 4) is 0 Å². The summed E-state index contributed by atoms with van der Waals surface area (Å²) in [6, 6.07) is 0. The largest absolute Gasteiger partial charge is 0.262 e. The second kappa shape index (κ2) is 3.70. The average Bonchev–Trinajstić information content (AvgIpc) is 2.33. The highest BCUT2D eigenvalue weighted by Gasteiger charge is 2.11. The van der Waals surface area contributed by atoms with Gasteiger partial charge in [-0.25, -0.2) is 0 Å². The van der Waals surface area contributed by atoms with Gasteiger partial charge in [0.25, 0.3) is 0 Å². The van der Waals surface area contributed by atoms with Gasteiger partial charge in [-0.3, -0.25) is 5.10 Å². The molecule has 1 aromatic rings. The molecule has 0 atom stereocenters. The van der Waals surface area contributed by atoms with Gasteiger partial charge in [-0.15, -0.1) is 5.10 Å². The minimum atomic E-state index is 0.494. The van der Waals surface area contributed by atoms with E-state index in [2.05, 4.69) is 43.1 Å². The number of aromatic nitrogens is 3. The van der Waals surface area contributed by atoms with Crippen LogP contribution < -0.4 is 0 Å². The second-order valence-electron chi connectivity index (χ2n) is 3.92. The molecule has 3 heteroatoms. The average molecular weight is 167 g/mol. The number of H-pyrrole nitrogens is 1. The Labute approximate surface area is 73.6 Å². The van der Waals surface area contributed by atoms with Crippen molar-refractivity contribution in [2.45, 2.75) is 40.0 Å². The van der Waals surface area contributed by atoms with Gasteiger partial charge in [-0.2, -0.15) is 0 Å². The first kappa shape index (κ1) is 9.23. The summed E-state index contributed by atoms with van der Waals surface area (Å²) in [7, 11) is 0. The van der Waals surface area contributed by atoms with Crippen LogP contribution in [-0.4, -0.2) is 15.4 Å². The molecule has 0 saturated carbocycles. The number of nitrogens with zero attached hydrogens (tertiary/aromatic N) is 2. The Morgan fingerprint density at radius 1 is 1.25 bits per heavy atom. The lowest BCUT2D eigenvalue weighted by Gasteiger charge is -2.05. The molecule has 3 nitrogen and oxygen atoms in total. The third-order valence-electron chi connectivity index (χ3n) is 1.83. The van der Waals surface area contributed by atoms with Gasteiger partial charge in [-0.1, -0.05) is 32.9 Å². The number of hydrogen-bond acceptors (Lipinski definition) is 2. The van der Waals surface area contributed by atoms with Gasteiger partial charge in [0.1, 0.15) is 0 Å². The van der Waals surface area contributed by atoms with E-state index < -0.39 is 0 Å². The first-order chi connectivity index (χ1) is 5.61. The van der Waals surface area contributed by atoms with E-state index in [9.17, 15) is 0 Å². The SMILES string of the molecule is CC(C)Cc1nn[nH]c1C(C)C. The Morgan fingerprint density at radius 2 is 1.92 bits per heavy atom. The van der Waals surface area contributed by atoms with Gasteiger partial charge < -0.3 is 0 Å². The topological polar surface area (TPSA) is 41.6 Å². The Morgan fingerprint density at radius 3 is 2.42 bits per heavy atom. The lowest BCUT2D eigenvalue weighted by atomic mass is 10.0. The zero-order valence-electron chi connectivity index (χ0n) is 8.26. The van der Waals surface area contributed by atoms with Crippen LogP contribution in [-0.2, 0) is 6.42 Å². The van der Waals surface area contributed by atoms with E-state index >= 15 is 0 Å². The Bertz CT molecular complexity index is 238. The summed E-state index contributed by atoms with van der Waals surface area (Å²) in [5.41, 5.74) is 2.31. The molecule has 0 aliphatic heterocycles. The van der Waals surface area contributed by atoms with E-state index in [1.165, 1.54) is 5.69 Å². The summed E-state index contributed by atoms with van der Waals surface area (Å²) in [5.74, 6) is 1.14. The Kier molecular flexibility index (Phi) is 2.84. The molecule has 1 heterocycles. The molecule has 1 aromatic heterocycles. The van der Waals surface area contributed by atoms with Crippen molar-refractivity contribution in [1.82, 2.24) is 15.4 Å². The molecular weight excluding hydrogens is 150 g/mol. The van der Waals surface area contributed by atoms with Gasteiger partial charge in [-0.05, 0) is 18.3 Å². The first-order valence-corrected chi connectivity index (χ1v) is 4.51. The van der Waals surface area contributed by atoms with E-state index in [1.54, 1.807) is 0 Å². The zero-order valence-corrected chi connectivity index (χ0v) is 8.26.